The normalized spacial score (nSPS) is 9.44. The molecule has 0 bridgehead atoms. The molecule has 0 rings (SSSR count). The highest BCUT2D eigenvalue weighted by atomic mass is 19.2. The molecule has 0 unspecified atom stereocenters. The van der Waals surface area contributed by atoms with E-state index in [9.17, 15) is 14.1 Å². The summed E-state index contributed by atoms with van der Waals surface area (Å²) in [6, 6.07) is -2.52. The van der Waals surface area contributed by atoms with Gasteiger partial charge in [0, 0.05) is 0 Å². The van der Waals surface area contributed by atoms with Crippen molar-refractivity contribution < 1.29 is 14.1 Å². The van der Waals surface area contributed by atoms with Gasteiger partial charge in [0.05, 0.1) is 0 Å². The fourth-order valence-corrected chi connectivity index (χ4v) is 0.114. The first-order valence-corrected chi connectivity index (χ1v) is 1.78. The molecule has 6 nitrogen and oxygen atoms in total. The van der Waals surface area contributed by atoms with Gasteiger partial charge in [-0.1, -0.05) is 14.7 Å². The summed E-state index contributed by atoms with van der Waals surface area (Å²) in [5, 5.41) is 4.97. The maximum Gasteiger partial charge on any atom is 0.387 e. The average molecular weight is 134 g/mol. The zero-order valence-electron chi connectivity index (χ0n) is 4.17. The summed E-state index contributed by atoms with van der Waals surface area (Å²) in [5.41, 5.74) is 5.01. The molecule has 0 saturated carbocycles. The lowest BCUT2D eigenvalue weighted by Crippen LogP contribution is -2.09. The number of nitrogens with two attached hydrogens (primary N) is 1. The molecule has 3 N–H and O–H groups in total. The highest BCUT2D eigenvalue weighted by Gasteiger charge is 1.93. The molecule has 50 valence electrons. The van der Waals surface area contributed by atoms with E-state index in [-0.39, 0.29) is 0 Å². The molecule has 0 aromatic heterocycles. The third-order valence-electron chi connectivity index (χ3n) is 0.320. The zero-order valence-corrected chi connectivity index (χ0v) is 4.17. The monoisotopic (exact) mass is 134 g/mol. The lowest BCUT2D eigenvalue weighted by Gasteiger charge is -1.80. The van der Waals surface area contributed by atoms with E-state index in [1.54, 1.807) is 0 Å². The lowest BCUT2D eigenvalue weighted by molar-refractivity contribution is 0.224. The average Bonchev–Trinajstić information content (AvgIpc) is 1.83. The van der Waals surface area contributed by atoms with Crippen molar-refractivity contribution in [2.45, 2.75) is 0 Å². The van der Waals surface area contributed by atoms with Crippen molar-refractivity contribution >= 4 is 12.1 Å². The van der Waals surface area contributed by atoms with Crippen LogP contribution in [0.5, 0.6) is 0 Å². The van der Waals surface area contributed by atoms with Crippen LogP contribution in [-0.2, 0) is 0 Å². The Bertz CT molecular complexity index is 155. The second kappa shape index (κ2) is 3.47. The first-order valence-electron chi connectivity index (χ1n) is 1.78. The molecular weight excluding hydrogens is 131 g/mol. The number of amides is 4. The van der Waals surface area contributed by atoms with Crippen molar-refractivity contribution in [2.24, 2.45) is 16.0 Å². The summed E-state index contributed by atoms with van der Waals surface area (Å²) in [4.78, 5) is 19.4. The first-order chi connectivity index (χ1) is 4.16. The summed E-state index contributed by atoms with van der Waals surface area (Å²) < 4.78 is 10.9. The molecule has 0 aromatic rings. The maximum atomic E-state index is 10.9. The van der Waals surface area contributed by atoms with Gasteiger partial charge in [0.2, 0.25) is 0 Å². The Morgan fingerprint density at radius 2 is 2.00 bits per heavy atom. The van der Waals surface area contributed by atoms with Crippen LogP contribution in [0.1, 0.15) is 0 Å². The van der Waals surface area contributed by atoms with Gasteiger partial charge in [0.1, 0.15) is 0 Å². The van der Waals surface area contributed by atoms with Gasteiger partial charge in [0.25, 0.3) is 0 Å². The van der Waals surface area contributed by atoms with Crippen molar-refractivity contribution in [1.29, 1.82) is 0 Å². The van der Waals surface area contributed by atoms with Crippen molar-refractivity contribution in [1.82, 2.24) is 5.54 Å². The Morgan fingerprint density at radius 3 is 2.33 bits per heavy atom. The van der Waals surface area contributed by atoms with Crippen LogP contribution in [0.15, 0.2) is 10.2 Å². The van der Waals surface area contributed by atoms with Crippen LogP contribution in [0.2, 0.25) is 0 Å². The minimum atomic E-state index is -1.37. The lowest BCUT2D eigenvalue weighted by atomic mass is 11.1. The van der Waals surface area contributed by atoms with Gasteiger partial charge in [-0.25, -0.2) is 9.59 Å². The van der Waals surface area contributed by atoms with Crippen LogP contribution < -0.4 is 11.3 Å². The van der Waals surface area contributed by atoms with E-state index in [0.29, 0.717) is 5.54 Å². The molecule has 9 heavy (non-hydrogen) atoms. The number of hydrogen-bond acceptors (Lipinski definition) is 2. The number of primary amides is 1. The number of rotatable bonds is 0. The second-order valence-corrected chi connectivity index (χ2v) is 0.938. The van der Waals surface area contributed by atoms with Crippen LogP contribution >= 0.6 is 0 Å². The van der Waals surface area contributed by atoms with E-state index in [4.69, 9.17) is 0 Å². The molecule has 0 saturated heterocycles. The summed E-state index contributed by atoms with van der Waals surface area (Å²) in [5.74, 6) is 0. The van der Waals surface area contributed by atoms with Gasteiger partial charge >= 0.3 is 12.1 Å². The largest absolute Gasteiger partial charge is 0.387 e. The van der Waals surface area contributed by atoms with Crippen LogP contribution in [0, 0.1) is 0 Å². The molecule has 0 aromatic carbocycles. The van der Waals surface area contributed by atoms with E-state index in [2.05, 4.69) is 16.0 Å². The molecular formula is C2H3FN4O2. The Labute approximate surface area is 48.9 Å². The van der Waals surface area contributed by atoms with Gasteiger partial charge in [-0.2, -0.15) is 5.54 Å². The quantitative estimate of drug-likeness (QED) is 0.363. The van der Waals surface area contributed by atoms with E-state index < -0.39 is 12.1 Å². The number of nitrogens with zero attached hydrogens (tertiary/aromatic N) is 2. The number of carbonyl (C=O) groups excluding carboxylic acids is 2. The van der Waals surface area contributed by atoms with Gasteiger partial charge < -0.3 is 5.73 Å². The topological polar surface area (TPSA) is 96.9 Å². The van der Waals surface area contributed by atoms with Gasteiger partial charge in [-0.05, 0) is 0 Å². The van der Waals surface area contributed by atoms with Gasteiger partial charge in [-0.3, -0.25) is 0 Å². The van der Waals surface area contributed by atoms with E-state index in [0.717, 1.165) is 0 Å². The number of hydrogen-bond donors (Lipinski definition) is 2. The molecule has 0 fully saturated rings. The summed E-state index contributed by atoms with van der Waals surface area (Å²) in [6.07, 6.45) is 0. The van der Waals surface area contributed by atoms with Crippen LogP contribution in [0.25, 0.3) is 0 Å². The van der Waals surface area contributed by atoms with Crippen LogP contribution in [0.4, 0.5) is 14.1 Å². The predicted octanol–water partition coefficient (Wildman–Crippen LogP) is 0.111. The molecule has 0 aliphatic carbocycles. The van der Waals surface area contributed by atoms with E-state index in [1.807, 2.05) is 0 Å². The fraction of sp³-hybridized carbons (Fsp3) is 0. The molecule has 0 aliphatic rings. The highest BCUT2D eigenvalue weighted by Crippen LogP contribution is 1.76. The minimum absolute atomic E-state index is 0.613. The molecule has 0 spiro atoms. The first kappa shape index (κ1) is 7.47. The van der Waals surface area contributed by atoms with Gasteiger partial charge in [-0.15, -0.1) is 0 Å². The Balaban J connectivity index is 3.71. The van der Waals surface area contributed by atoms with Crippen LogP contribution in [-0.4, -0.2) is 12.1 Å². The van der Waals surface area contributed by atoms with Crippen molar-refractivity contribution in [3.63, 3.8) is 0 Å². The van der Waals surface area contributed by atoms with Gasteiger partial charge in [0.15, 0.2) is 0 Å². The second-order valence-electron chi connectivity index (χ2n) is 0.938. The number of urea groups is 2. The molecule has 7 heteroatoms. The Morgan fingerprint density at radius 1 is 1.44 bits per heavy atom. The Hall–Kier alpha value is -1.53. The number of azo groups is 1. The highest BCUT2D eigenvalue weighted by molar-refractivity contribution is 5.77. The van der Waals surface area contributed by atoms with E-state index >= 15 is 0 Å². The van der Waals surface area contributed by atoms with E-state index in [1.165, 1.54) is 0 Å². The third-order valence-corrected chi connectivity index (χ3v) is 0.320. The molecule has 0 radical (unpaired) electrons. The minimum Gasteiger partial charge on any atom is -0.348 e. The molecule has 0 aliphatic heterocycles. The SMILES string of the molecule is NC(=O)N=NC(=O)NF. The summed E-state index contributed by atoms with van der Waals surface area (Å²) in [7, 11) is 0. The maximum absolute atomic E-state index is 10.9. The summed E-state index contributed by atoms with van der Waals surface area (Å²) >= 11 is 0. The Kier molecular flexibility index (Phi) is 2.88. The molecule has 4 amide bonds. The standard InChI is InChI=1S/C2H3FN4O2/c3-5-2(9)7-6-1(4)8/h(H2,4,8)(H,5,9). The summed E-state index contributed by atoms with van der Waals surface area (Å²) in [6.45, 7) is 0. The smallest absolute Gasteiger partial charge is 0.348 e. The molecule has 0 heterocycles. The van der Waals surface area contributed by atoms with Crippen LogP contribution in [0.3, 0.4) is 0 Å². The van der Waals surface area contributed by atoms with Crippen molar-refractivity contribution in [3.8, 4) is 0 Å². The third kappa shape index (κ3) is 4.32. The zero-order chi connectivity index (χ0) is 7.28. The van der Waals surface area contributed by atoms with Crippen molar-refractivity contribution in [2.75, 3.05) is 0 Å². The predicted molar refractivity (Wildman–Crippen MR) is 24.1 cm³/mol. The number of halogens is 1. The fourth-order valence-electron chi connectivity index (χ4n) is 0.114. The van der Waals surface area contributed by atoms with Crippen molar-refractivity contribution in [3.05, 3.63) is 0 Å². The molecule has 0 atom stereocenters. The number of carbonyl (C=O) groups is 2. The number of nitrogens with one attached hydrogen (secondary N) is 1.